The van der Waals surface area contributed by atoms with Gasteiger partial charge in [-0.2, -0.15) is 0 Å². The van der Waals surface area contributed by atoms with Gasteiger partial charge in [0.15, 0.2) is 0 Å². The van der Waals surface area contributed by atoms with Crippen LogP contribution < -0.4 is 5.32 Å². The van der Waals surface area contributed by atoms with Crippen LogP contribution in [-0.2, 0) is 6.54 Å². The number of aliphatic hydroxyl groups is 1. The van der Waals surface area contributed by atoms with Crippen molar-refractivity contribution in [2.75, 3.05) is 33.3 Å². The molecule has 102 valence electrons. The van der Waals surface area contributed by atoms with Gasteiger partial charge in [0, 0.05) is 12.1 Å². The third-order valence-electron chi connectivity index (χ3n) is 3.66. The molecule has 0 bridgehead atoms. The second-order valence-corrected chi connectivity index (χ2v) is 4.89. The van der Waals surface area contributed by atoms with Crippen LogP contribution >= 0.6 is 0 Å². The Labute approximate surface area is 111 Å². The van der Waals surface area contributed by atoms with E-state index in [4.69, 9.17) is 0 Å². The number of aliphatic hydroxyl groups excluding tert-OH is 1. The fourth-order valence-electron chi connectivity index (χ4n) is 2.48. The van der Waals surface area contributed by atoms with Gasteiger partial charge < -0.3 is 14.9 Å². The first-order valence-corrected chi connectivity index (χ1v) is 6.94. The van der Waals surface area contributed by atoms with Crippen molar-refractivity contribution in [3.05, 3.63) is 35.9 Å². The standard InChI is InChI=1S/C13H21N2O.C2H6/c1-15(8-7-14-9-13(15)11-16)10-12-5-3-2-4-6-12;1-2/h2-6,13-14,16H,7-11H2,1H3;1-2H3/q+1;. The Balaban J connectivity index is 0.000000771. The Kier molecular flexibility index (Phi) is 6.33. The number of nitrogens with one attached hydrogen (secondary N) is 1. The Morgan fingerprint density at radius 2 is 1.94 bits per heavy atom. The van der Waals surface area contributed by atoms with Gasteiger partial charge in [-0.15, -0.1) is 0 Å². The van der Waals surface area contributed by atoms with Crippen molar-refractivity contribution in [3.8, 4) is 0 Å². The van der Waals surface area contributed by atoms with Crippen molar-refractivity contribution in [2.24, 2.45) is 0 Å². The van der Waals surface area contributed by atoms with Crippen molar-refractivity contribution in [3.63, 3.8) is 0 Å². The summed E-state index contributed by atoms with van der Waals surface area (Å²) < 4.78 is 0.938. The maximum atomic E-state index is 9.45. The molecule has 0 saturated carbocycles. The molecule has 18 heavy (non-hydrogen) atoms. The summed E-state index contributed by atoms with van der Waals surface area (Å²) in [5.74, 6) is 0. The number of hydrogen-bond donors (Lipinski definition) is 2. The molecule has 0 aromatic heterocycles. The van der Waals surface area contributed by atoms with Crippen molar-refractivity contribution in [1.29, 1.82) is 0 Å². The van der Waals surface area contributed by atoms with Crippen molar-refractivity contribution in [1.82, 2.24) is 5.32 Å². The molecule has 2 unspecified atom stereocenters. The Hall–Kier alpha value is -0.900. The van der Waals surface area contributed by atoms with Crippen LogP contribution in [0.25, 0.3) is 0 Å². The van der Waals surface area contributed by atoms with Gasteiger partial charge in [-0.25, -0.2) is 0 Å². The normalized spacial score (nSPS) is 27.2. The van der Waals surface area contributed by atoms with E-state index in [9.17, 15) is 5.11 Å². The second-order valence-electron chi connectivity index (χ2n) is 4.89. The summed E-state index contributed by atoms with van der Waals surface area (Å²) in [4.78, 5) is 0. The molecule has 1 saturated heterocycles. The Morgan fingerprint density at radius 1 is 1.28 bits per heavy atom. The fourth-order valence-corrected chi connectivity index (χ4v) is 2.48. The highest BCUT2D eigenvalue weighted by atomic mass is 16.3. The first-order valence-electron chi connectivity index (χ1n) is 6.94. The van der Waals surface area contributed by atoms with E-state index in [1.807, 2.05) is 19.9 Å². The lowest BCUT2D eigenvalue weighted by Crippen LogP contribution is -2.63. The summed E-state index contributed by atoms with van der Waals surface area (Å²) in [6.45, 7) is 8.31. The average Bonchev–Trinajstić information content (AvgIpc) is 2.42. The predicted octanol–water partition coefficient (Wildman–Crippen LogP) is 1.62. The number of piperazine rings is 1. The molecule has 0 amide bonds. The zero-order valence-corrected chi connectivity index (χ0v) is 11.9. The van der Waals surface area contributed by atoms with E-state index in [-0.39, 0.29) is 6.61 Å². The first-order chi connectivity index (χ1) is 8.74. The highest BCUT2D eigenvalue weighted by molar-refractivity contribution is 5.13. The average molecular weight is 251 g/mol. The topological polar surface area (TPSA) is 32.3 Å². The lowest BCUT2D eigenvalue weighted by molar-refractivity contribution is -0.948. The van der Waals surface area contributed by atoms with E-state index < -0.39 is 0 Å². The number of benzene rings is 1. The van der Waals surface area contributed by atoms with E-state index in [0.717, 1.165) is 30.7 Å². The first kappa shape index (κ1) is 15.2. The van der Waals surface area contributed by atoms with Crippen LogP contribution in [0.5, 0.6) is 0 Å². The largest absolute Gasteiger partial charge is 0.390 e. The maximum Gasteiger partial charge on any atom is 0.125 e. The number of quaternary nitrogens is 1. The molecule has 1 fully saturated rings. The summed E-state index contributed by atoms with van der Waals surface area (Å²) in [7, 11) is 2.24. The van der Waals surface area contributed by atoms with E-state index in [1.165, 1.54) is 5.56 Å². The molecule has 0 aliphatic carbocycles. The molecule has 1 aliphatic rings. The number of rotatable bonds is 3. The van der Waals surface area contributed by atoms with Gasteiger partial charge in [-0.3, -0.25) is 0 Å². The SMILES string of the molecule is CC.C[N+]1(Cc2ccccc2)CCNCC1CO. The van der Waals surface area contributed by atoms with Gasteiger partial charge in [-0.1, -0.05) is 44.2 Å². The van der Waals surface area contributed by atoms with Crippen LogP contribution in [0.15, 0.2) is 30.3 Å². The van der Waals surface area contributed by atoms with E-state index >= 15 is 0 Å². The molecule has 2 atom stereocenters. The summed E-state index contributed by atoms with van der Waals surface area (Å²) in [6, 6.07) is 10.9. The van der Waals surface area contributed by atoms with Crippen LogP contribution in [0.3, 0.4) is 0 Å². The van der Waals surface area contributed by atoms with Crippen molar-refractivity contribution >= 4 is 0 Å². The van der Waals surface area contributed by atoms with Crippen molar-refractivity contribution in [2.45, 2.75) is 26.4 Å². The highest BCUT2D eigenvalue weighted by Gasteiger charge is 2.34. The third-order valence-corrected chi connectivity index (χ3v) is 3.66. The maximum absolute atomic E-state index is 9.45. The molecular formula is C15H27N2O+. The molecule has 1 heterocycles. The monoisotopic (exact) mass is 251 g/mol. The zero-order chi connectivity index (χ0) is 13.4. The van der Waals surface area contributed by atoms with E-state index in [2.05, 4.69) is 36.6 Å². The molecule has 2 rings (SSSR count). The summed E-state index contributed by atoms with van der Waals surface area (Å²) >= 11 is 0. The zero-order valence-electron chi connectivity index (χ0n) is 11.9. The van der Waals surface area contributed by atoms with Gasteiger partial charge in [0.25, 0.3) is 0 Å². The fraction of sp³-hybridized carbons (Fsp3) is 0.600. The van der Waals surface area contributed by atoms with Crippen LogP contribution in [0.4, 0.5) is 0 Å². The van der Waals surface area contributed by atoms with E-state index in [0.29, 0.717) is 6.04 Å². The number of nitrogens with zero attached hydrogens (tertiary/aromatic N) is 1. The van der Waals surface area contributed by atoms with E-state index in [1.54, 1.807) is 0 Å². The van der Waals surface area contributed by atoms with Gasteiger partial charge in [-0.05, 0) is 0 Å². The summed E-state index contributed by atoms with van der Waals surface area (Å²) in [5.41, 5.74) is 1.35. The van der Waals surface area contributed by atoms with Gasteiger partial charge in [0.1, 0.15) is 12.6 Å². The van der Waals surface area contributed by atoms with Crippen LogP contribution in [-0.4, -0.2) is 48.9 Å². The molecule has 3 nitrogen and oxygen atoms in total. The van der Waals surface area contributed by atoms with Crippen LogP contribution in [0.1, 0.15) is 19.4 Å². The summed E-state index contributed by atoms with van der Waals surface area (Å²) in [6.07, 6.45) is 0. The second kappa shape index (κ2) is 7.52. The molecular weight excluding hydrogens is 224 g/mol. The molecule has 2 N–H and O–H groups in total. The predicted molar refractivity (Wildman–Crippen MR) is 76.3 cm³/mol. The molecule has 1 aliphatic heterocycles. The number of likely N-dealkylation sites (N-methyl/N-ethyl adjacent to an activating group) is 1. The minimum atomic E-state index is 0.260. The quantitative estimate of drug-likeness (QED) is 0.800. The van der Waals surface area contributed by atoms with Crippen molar-refractivity contribution < 1.29 is 9.59 Å². The van der Waals surface area contributed by atoms with Crippen LogP contribution in [0, 0.1) is 0 Å². The van der Waals surface area contributed by atoms with Gasteiger partial charge >= 0.3 is 0 Å². The molecule has 1 aromatic rings. The smallest absolute Gasteiger partial charge is 0.125 e. The van der Waals surface area contributed by atoms with Gasteiger partial charge in [0.05, 0.1) is 26.7 Å². The molecule has 3 heteroatoms. The summed E-state index contributed by atoms with van der Waals surface area (Å²) in [5, 5.41) is 12.8. The Morgan fingerprint density at radius 3 is 2.56 bits per heavy atom. The van der Waals surface area contributed by atoms with Crippen LogP contribution in [0.2, 0.25) is 0 Å². The highest BCUT2D eigenvalue weighted by Crippen LogP contribution is 2.18. The minimum Gasteiger partial charge on any atom is -0.390 e. The minimum absolute atomic E-state index is 0.260. The Bertz CT molecular complexity index is 329. The molecule has 1 aromatic carbocycles. The third kappa shape index (κ3) is 3.80. The molecule has 0 spiro atoms. The lowest BCUT2D eigenvalue weighted by Gasteiger charge is -2.44. The molecule has 0 radical (unpaired) electrons. The lowest BCUT2D eigenvalue weighted by atomic mass is 10.1. The van der Waals surface area contributed by atoms with Gasteiger partial charge in [0.2, 0.25) is 0 Å². The number of hydrogen-bond acceptors (Lipinski definition) is 2.